The van der Waals surface area contributed by atoms with Gasteiger partial charge >= 0.3 is 5.97 Å². The molecule has 3 rings (SSSR count). The van der Waals surface area contributed by atoms with Gasteiger partial charge in [-0.05, 0) is 31.4 Å². The summed E-state index contributed by atoms with van der Waals surface area (Å²) < 4.78 is 15.9. The molecule has 0 aliphatic heterocycles. The number of esters is 1. The highest BCUT2D eigenvalue weighted by molar-refractivity contribution is 7.20. The van der Waals surface area contributed by atoms with E-state index in [1.54, 1.807) is 21.0 Å². The predicted molar refractivity (Wildman–Crippen MR) is 135 cm³/mol. The van der Waals surface area contributed by atoms with Gasteiger partial charge < -0.3 is 24.3 Å². The van der Waals surface area contributed by atoms with E-state index in [0.29, 0.717) is 59.3 Å². The summed E-state index contributed by atoms with van der Waals surface area (Å²) in [5.74, 6) is 0.0164. The predicted octanol–water partition coefficient (Wildman–Crippen LogP) is 2.89. The molecular formula is C25H33N3O6S. The number of aromatic nitrogens is 2. The minimum absolute atomic E-state index is 0.186. The standard InChI is InChI=1S/C25H33N3O6S/c1-4-34-25(31)22-17(2)21-23(30)26-20(27-24(21)35-22)14-28(11-8-12-32-3)13-19(29)16-33-15-18-9-6-5-7-10-18/h5-7,9-10,19,29H,4,8,11-16H2,1-3H3,(H,26,27,30). The van der Waals surface area contributed by atoms with Gasteiger partial charge in [0.25, 0.3) is 5.56 Å². The zero-order valence-electron chi connectivity index (χ0n) is 20.4. The first-order chi connectivity index (χ1) is 16.9. The molecule has 1 atom stereocenters. The molecule has 0 bridgehead atoms. The average Bonchev–Trinajstić information content (AvgIpc) is 3.16. The average molecular weight is 504 g/mol. The number of aryl methyl sites for hydroxylation is 1. The molecule has 0 aliphatic rings. The third-order valence-electron chi connectivity index (χ3n) is 5.40. The Kier molecular flexibility index (Phi) is 10.4. The van der Waals surface area contributed by atoms with Gasteiger partial charge in [-0.1, -0.05) is 30.3 Å². The SMILES string of the molecule is CCOC(=O)c1sc2nc(CN(CCCOC)CC(O)COCc3ccccc3)[nH]c(=O)c2c1C. The van der Waals surface area contributed by atoms with Crippen molar-refractivity contribution in [3.63, 3.8) is 0 Å². The molecule has 0 saturated carbocycles. The van der Waals surface area contributed by atoms with Crippen LogP contribution in [0.1, 0.15) is 40.0 Å². The fraction of sp³-hybridized carbons (Fsp3) is 0.480. The van der Waals surface area contributed by atoms with Crippen molar-refractivity contribution < 1.29 is 24.1 Å². The van der Waals surface area contributed by atoms with E-state index >= 15 is 0 Å². The molecule has 0 amide bonds. The molecule has 0 saturated heterocycles. The van der Waals surface area contributed by atoms with Crippen LogP contribution in [0, 0.1) is 6.92 Å². The maximum atomic E-state index is 12.8. The molecule has 0 fully saturated rings. The molecule has 3 aromatic rings. The molecule has 2 aromatic heterocycles. The Bertz CT molecular complexity index is 1150. The van der Waals surface area contributed by atoms with Crippen LogP contribution in [0.4, 0.5) is 0 Å². The topological polar surface area (TPSA) is 114 Å². The number of ether oxygens (including phenoxy) is 3. The number of fused-ring (bicyclic) bond motifs is 1. The van der Waals surface area contributed by atoms with E-state index in [9.17, 15) is 14.7 Å². The number of carbonyl (C=O) groups is 1. The summed E-state index contributed by atoms with van der Waals surface area (Å²) in [5.41, 5.74) is 1.32. The number of nitrogens with one attached hydrogen (secondary N) is 1. The number of carbonyl (C=O) groups excluding carboxylic acids is 1. The van der Waals surface area contributed by atoms with Crippen LogP contribution >= 0.6 is 11.3 Å². The first-order valence-electron chi connectivity index (χ1n) is 11.6. The Morgan fingerprint density at radius 3 is 2.77 bits per heavy atom. The van der Waals surface area contributed by atoms with Crippen LogP contribution < -0.4 is 5.56 Å². The summed E-state index contributed by atoms with van der Waals surface area (Å²) >= 11 is 1.16. The van der Waals surface area contributed by atoms with Crippen LogP contribution in [0.5, 0.6) is 0 Å². The van der Waals surface area contributed by atoms with Crippen molar-refractivity contribution >= 4 is 27.5 Å². The van der Waals surface area contributed by atoms with Gasteiger partial charge in [-0.2, -0.15) is 0 Å². The van der Waals surface area contributed by atoms with Crippen molar-refractivity contribution in [3.8, 4) is 0 Å². The van der Waals surface area contributed by atoms with Gasteiger partial charge in [-0.3, -0.25) is 9.69 Å². The van der Waals surface area contributed by atoms with Crippen molar-refractivity contribution in [1.29, 1.82) is 0 Å². The molecule has 9 nitrogen and oxygen atoms in total. The number of aliphatic hydroxyl groups excluding tert-OH is 1. The molecule has 10 heteroatoms. The van der Waals surface area contributed by atoms with Crippen molar-refractivity contribution in [2.45, 2.75) is 39.5 Å². The fourth-order valence-corrected chi connectivity index (χ4v) is 4.87. The van der Waals surface area contributed by atoms with E-state index in [2.05, 4.69) is 9.97 Å². The quantitative estimate of drug-likeness (QED) is 0.255. The van der Waals surface area contributed by atoms with Gasteiger partial charge in [0.1, 0.15) is 15.5 Å². The van der Waals surface area contributed by atoms with Crippen molar-refractivity contribution in [1.82, 2.24) is 14.9 Å². The molecule has 2 N–H and O–H groups in total. The Morgan fingerprint density at radius 2 is 2.06 bits per heavy atom. The number of H-pyrrole nitrogens is 1. The van der Waals surface area contributed by atoms with Gasteiger partial charge in [0, 0.05) is 26.8 Å². The number of hydrogen-bond donors (Lipinski definition) is 2. The van der Waals surface area contributed by atoms with Crippen LogP contribution in [0.15, 0.2) is 35.1 Å². The first kappa shape index (κ1) is 27.0. The van der Waals surface area contributed by atoms with E-state index in [4.69, 9.17) is 14.2 Å². The maximum absolute atomic E-state index is 12.8. The number of rotatable bonds is 14. The van der Waals surface area contributed by atoms with E-state index < -0.39 is 12.1 Å². The third kappa shape index (κ3) is 7.68. The molecular weight excluding hydrogens is 470 g/mol. The lowest BCUT2D eigenvalue weighted by Gasteiger charge is -2.24. The smallest absolute Gasteiger partial charge is 0.348 e. The van der Waals surface area contributed by atoms with Gasteiger partial charge in [-0.15, -0.1) is 11.3 Å². The Labute approximate surface area is 208 Å². The lowest BCUT2D eigenvalue weighted by Crippen LogP contribution is -2.36. The van der Waals surface area contributed by atoms with Crippen molar-refractivity contribution in [2.75, 3.05) is 40.0 Å². The monoisotopic (exact) mass is 503 g/mol. The van der Waals surface area contributed by atoms with E-state index in [1.807, 2.05) is 35.2 Å². The van der Waals surface area contributed by atoms with Crippen LogP contribution in [0.2, 0.25) is 0 Å². The molecule has 1 unspecified atom stereocenters. The second-order valence-electron chi connectivity index (χ2n) is 8.21. The van der Waals surface area contributed by atoms with Gasteiger partial charge in [-0.25, -0.2) is 9.78 Å². The minimum atomic E-state index is -0.712. The van der Waals surface area contributed by atoms with Crippen LogP contribution in [0.3, 0.4) is 0 Å². The highest BCUT2D eigenvalue weighted by Crippen LogP contribution is 2.27. The summed E-state index contributed by atoms with van der Waals surface area (Å²) in [4.78, 5) is 35.4. The normalized spacial score (nSPS) is 12.4. The van der Waals surface area contributed by atoms with Gasteiger partial charge in [0.05, 0.1) is 37.9 Å². The van der Waals surface area contributed by atoms with Gasteiger partial charge in [0.2, 0.25) is 0 Å². The zero-order valence-corrected chi connectivity index (χ0v) is 21.2. The van der Waals surface area contributed by atoms with Crippen LogP contribution in [-0.2, 0) is 27.4 Å². The highest BCUT2D eigenvalue weighted by atomic mass is 32.1. The molecule has 190 valence electrons. The largest absolute Gasteiger partial charge is 0.462 e. The number of benzene rings is 1. The molecule has 35 heavy (non-hydrogen) atoms. The summed E-state index contributed by atoms with van der Waals surface area (Å²) in [6, 6.07) is 9.79. The summed E-state index contributed by atoms with van der Waals surface area (Å²) in [6.07, 6.45) is 0.0437. The van der Waals surface area contributed by atoms with Crippen LogP contribution in [-0.4, -0.2) is 72.1 Å². The minimum Gasteiger partial charge on any atom is -0.462 e. The molecule has 1 aromatic carbocycles. The van der Waals surface area contributed by atoms with Crippen molar-refractivity contribution in [2.24, 2.45) is 0 Å². The molecule has 2 heterocycles. The van der Waals surface area contributed by atoms with Gasteiger partial charge in [0.15, 0.2) is 0 Å². The van der Waals surface area contributed by atoms with E-state index in [1.165, 1.54) is 0 Å². The summed E-state index contributed by atoms with van der Waals surface area (Å²) in [6.45, 7) is 6.23. The maximum Gasteiger partial charge on any atom is 0.348 e. The summed E-state index contributed by atoms with van der Waals surface area (Å²) in [7, 11) is 1.64. The first-order valence-corrected chi connectivity index (χ1v) is 12.4. The number of methoxy groups -OCH3 is 1. The number of aliphatic hydroxyl groups is 1. The molecule has 0 aliphatic carbocycles. The lowest BCUT2D eigenvalue weighted by atomic mass is 10.2. The lowest BCUT2D eigenvalue weighted by molar-refractivity contribution is 0.00700. The van der Waals surface area contributed by atoms with E-state index in [0.717, 1.165) is 23.3 Å². The second kappa shape index (κ2) is 13.5. The second-order valence-corrected chi connectivity index (χ2v) is 9.20. The number of thiophene rings is 1. The van der Waals surface area contributed by atoms with E-state index in [-0.39, 0.29) is 18.8 Å². The number of nitrogens with zero attached hydrogens (tertiary/aromatic N) is 2. The zero-order chi connectivity index (χ0) is 25.2. The number of hydrogen-bond acceptors (Lipinski definition) is 9. The number of aromatic amines is 1. The Hall–Kier alpha value is -2.63. The molecule has 0 spiro atoms. The fourth-order valence-electron chi connectivity index (χ4n) is 3.77. The molecule has 0 radical (unpaired) electrons. The highest BCUT2D eigenvalue weighted by Gasteiger charge is 2.21. The van der Waals surface area contributed by atoms with Crippen LogP contribution in [0.25, 0.3) is 10.2 Å². The summed E-state index contributed by atoms with van der Waals surface area (Å²) in [5, 5.41) is 11.0. The Balaban J connectivity index is 1.69. The third-order valence-corrected chi connectivity index (χ3v) is 6.56. The van der Waals surface area contributed by atoms with Crippen molar-refractivity contribution in [3.05, 3.63) is 62.5 Å². The Morgan fingerprint density at radius 1 is 1.29 bits per heavy atom.